The third-order valence-corrected chi connectivity index (χ3v) is 4.71. The second-order valence-electron chi connectivity index (χ2n) is 5.63. The molecule has 0 aromatic heterocycles. The SMILES string of the molecule is CC(NCCCC1CCCC1)c1ccc(Cl)cc1Cl. The number of halogens is 2. The molecule has 0 amide bonds. The molecular weight excluding hydrogens is 277 g/mol. The Morgan fingerprint density at radius 2 is 2.00 bits per heavy atom. The molecular formula is C16H23Cl2N. The summed E-state index contributed by atoms with van der Waals surface area (Å²) in [4.78, 5) is 0. The topological polar surface area (TPSA) is 12.0 Å². The van der Waals surface area contributed by atoms with Gasteiger partial charge in [0.2, 0.25) is 0 Å². The van der Waals surface area contributed by atoms with Crippen LogP contribution >= 0.6 is 23.2 Å². The van der Waals surface area contributed by atoms with Crippen molar-refractivity contribution in [3.63, 3.8) is 0 Å². The smallest absolute Gasteiger partial charge is 0.0468 e. The van der Waals surface area contributed by atoms with E-state index in [-0.39, 0.29) is 6.04 Å². The summed E-state index contributed by atoms with van der Waals surface area (Å²) in [5.41, 5.74) is 1.13. The van der Waals surface area contributed by atoms with E-state index in [0.717, 1.165) is 23.0 Å². The average molecular weight is 300 g/mol. The van der Waals surface area contributed by atoms with Crippen LogP contribution in [0.25, 0.3) is 0 Å². The Bertz CT molecular complexity index is 400. The second-order valence-corrected chi connectivity index (χ2v) is 6.48. The first kappa shape index (κ1) is 15.2. The van der Waals surface area contributed by atoms with Crippen LogP contribution in [-0.4, -0.2) is 6.54 Å². The van der Waals surface area contributed by atoms with Crippen LogP contribution in [0.3, 0.4) is 0 Å². The molecule has 1 unspecified atom stereocenters. The van der Waals surface area contributed by atoms with Crippen LogP contribution in [0.2, 0.25) is 10.0 Å². The molecule has 0 radical (unpaired) electrons. The van der Waals surface area contributed by atoms with E-state index in [1.807, 2.05) is 18.2 Å². The molecule has 1 atom stereocenters. The minimum Gasteiger partial charge on any atom is -0.310 e. The van der Waals surface area contributed by atoms with E-state index in [4.69, 9.17) is 23.2 Å². The van der Waals surface area contributed by atoms with Gasteiger partial charge in [0.15, 0.2) is 0 Å². The van der Waals surface area contributed by atoms with Gasteiger partial charge in [0, 0.05) is 16.1 Å². The summed E-state index contributed by atoms with van der Waals surface area (Å²) in [6, 6.07) is 6.02. The van der Waals surface area contributed by atoms with Gasteiger partial charge >= 0.3 is 0 Å². The molecule has 1 aromatic rings. The second kappa shape index (κ2) is 7.52. The van der Waals surface area contributed by atoms with Crippen molar-refractivity contribution in [1.82, 2.24) is 5.32 Å². The fourth-order valence-electron chi connectivity index (χ4n) is 2.97. The Balaban J connectivity index is 1.72. The number of hydrogen-bond donors (Lipinski definition) is 1. The third kappa shape index (κ3) is 4.66. The van der Waals surface area contributed by atoms with Crippen LogP contribution in [0.15, 0.2) is 18.2 Å². The molecule has 1 aromatic carbocycles. The summed E-state index contributed by atoms with van der Waals surface area (Å²) in [6.07, 6.45) is 8.40. The quantitative estimate of drug-likeness (QED) is 0.673. The molecule has 1 saturated carbocycles. The van der Waals surface area contributed by atoms with Crippen molar-refractivity contribution in [3.05, 3.63) is 33.8 Å². The highest BCUT2D eigenvalue weighted by molar-refractivity contribution is 6.35. The molecule has 1 N–H and O–H groups in total. The molecule has 0 spiro atoms. The lowest BCUT2D eigenvalue weighted by molar-refractivity contribution is 0.456. The van der Waals surface area contributed by atoms with Crippen molar-refractivity contribution in [2.24, 2.45) is 5.92 Å². The average Bonchev–Trinajstić information content (AvgIpc) is 2.87. The van der Waals surface area contributed by atoms with Crippen molar-refractivity contribution in [3.8, 4) is 0 Å². The molecule has 1 aliphatic carbocycles. The van der Waals surface area contributed by atoms with Crippen LogP contribution in [0, 0.1) is 5.92 Å². The van der Waals surface area contributed by atoms with Gasteiger partial charge < -0.3 is 5.32 Å². The van der Waals surface area contributed by atoms with E-state index in [9.17, 15) is 0 Å². The number of rotatable bonds is 6. The summed E-state index contributed by atoms with van der Waals surface area (Å²) in [6.45, 7) is 3.22. The van der Waals surface area contributed by atoms with Crippen LogP contribution in [0.4, 0.5) is 0 Å². The molecule has 3 heteroatoms. The summed E-state index contributed by atoms with van der Waals surface area (Å²) in [7, 11) is 0. The van der Waals surface area contributed by atoms with Gasteiger partial charge in [-0.2, -0.15) is 0 Å². The van der Waals surface area contributed by atoms with Crippen LogP contribution in [0.5, 0.6) is 0 Å². The Labute approximate surface area is 126 Å². The first-order valence-corrected chi connectivity index (χ1v) is 8.10. The van der Waals surface area contributed by atoms with Gasteiger partial charge in [-0.25, -0.2) is 0 Å². The monoisotopic (exact) mass is 299 g/mol. The van der Waals surface area contributed by atoms with Gasteiger partial charge in [-0.15, -0.1) is 0 Å². The van der Waals surface area contributed by atoms with Gasteiger partial charge in [0.25, 0.3) is 0 Å². The van der Waals surface area contributed by atoms with E-state index < -0.39 is 0 Å². The normalized spacial score (nSPS) is 17.8. The lowest BCUT2D eigenvalue weighted by Crippen LogP contribution is -2.20. The molecule has 1 aliphatic rings. The van der Waals surface area contributed by atoms with E-state index in [1.54, 1.807) is 0 Å². The van der Waals surface area contributed by atoms with E-state index >= 15 is 0 Å². The van der Waals surface area contributed by atoms with Crippen LogP contribution in [-0.2, 0) is 0 Å². The van der Waals surface area contributed by atoms with Crippen molar-refractivity contribution in [1.29, 1.82) is 0 Å². The lowest BCUT2D eigenvalue weighted by atomic mass is 10.0. The molecule has 2 rings (SSSR count). The highest BCUT2D eigenvalue weighted by atomic mass is 35.5. The Hall–Kier alpha value is -0.240. The zero-order valence-corrected chi connectivity index (χ0v) is 13.1. The molecule has 0 saturated heterocycles. The molecule has 0 heterocycles. The van der Waals surface area contributed by atoms with E-state index in [2.05, 4.69) is 12.2 Å². The predicted octanol–water partition coefficient (Wildman–Crippen LogP) is 5.61. The largest absolute Gasteiger partial charge is 0.310 e. The molecule has 19 heavy (non-hydrogen) atoms. The maximum atomic E-state index is 6.22. The predicted molar refractivity (Wildman–Crippen MR) is 84.1 cm³/mol. The Kier molecular flexibility index (Phi) is 6.00. The van der Waals surface area contributed by atoms with Gasteiger partial charge in [-0.05, 0) is 49.9 Å². The Morgan fingerprint density at radius 1 is 1.26 bits per heavy atom. The maximum Gasteiger partial charge on any atom is 0.0468 e. The summed E-state index contributed by atoms with van der Waals surface area (Å²) in [5.74, 6) is 0.983. The molecule has 0 aliphatic heterocycles. The van der Waals surface area contributed by atoms with Crippen molar-refractivity contribution in [2.45, 2.75) is 51.5 Å². The molecule has 106 valence electrons. The van der Waals surface area contributed by atoms with Crippen LogP contribution in [0.1, 0.15) is 57.1 Å². The highest BCUT2D eigenvalue weighted by Gasteiger charge is 2.14. The van der Waals surface area contributed by atoms with Gasteiger partial charge in [0.05, 0.1) is 0 Å². The van der Waals surface area contributed by atoms with Crippen molar-refractivity contribution >= 4 is 23.2 Å². The van der Waals surface area contributed by atoms with Crippen molar-refractivity contribution in [2.75, 3.05) is 6.54 Å². The highest BCUT2D eigenvalue weighted by Crippen LogP contribution is 2.29. The zero-order chi connectivity index (χ0) is 13.7. The minimum atomic E-state index is 0.286. The van der Waals surface area contributed by atoms with Crippen LogP contribution < -0.4 is 5.32 Å². The number of hydrogen-bond acceptors (Lipinski definition) is 1. The van der Waals surface area contributed by atoms with E-state index in [1.165, 1.54) is 38.5 Å². The zero-order valence-electron chi connectivity index (χ0n) is 11.6. The number of nitrogens with one attached hydrogen (secondary N) is 1. The Morgan fingerprint density at radius 3 is 2.68 bits per heavy atom. The lowest BCUT2D eigenvalue weighted by Gasteiger charge is -2.16. The molecule has 1 fully saturated rings. The van der Waals surface area contributed by atoms with Gasteiger partial charge in [-0.3, -0.25) is 0 Å². The standard InChI is InChI=1S/C16H23Cl2N/c1-12(15-9-8-14(17)11-16(15)18)19-10-4-7-13-5-2-3-6-13/h8-9,11-13,19H,2-7,10H2,1H3. The summed E-state index contributed by atoms with van der Waals surface area (Å²) < 4.78 is 0. The van der Waals surface area contributed by atoms with E-state index in [0.29, 0.717) is 5.02 Å². The number of benzene rings is 1. The van der Waals surface area contributed by atoms with Gasteiger partial charge in [0.1, 0.15) is 0 Å². The third-order valence-electron chi connectivity index (χ3n) is 4.14. The van der Waals surface area contributed by atoms with Gasteiger partial charge in [-0.1, -0.05) is 55.0 Å². The maximum absolute atomic E-state index is 6.22. The fraction of sp³-hybridized carbons (Fsp3) is 0.625. The summed E-state index contributed by atoms with van der Waals surface area (Å²) in [5, 5.41) is 5.01. The minimum absolute atomic E-state index is 0.286. The summed E-state index contributed by atoms with van der Waals surface area (Å²) >= 11 is 12.1. The molecule has 0 bridgehead atoms. The first-order chi connectivity index (χ1) is 9.16. The molecule has 1 nitrogen and oxygen atoms in total. The fourth-order valence-corrected chi connectivity index (χ4v) is 3.54. The first-order valence-electron chi connectivity index (χ1n) is 7.35. The van der Waals surface area contributed by atoms with Crippen molar-refractivity contribution < 1.29 is 0 Å².